The van der Waals surface area contributed by atoms with Gasteiger partial charge < -0.3 is 10.8 Å². The molecule has 0 bridgehead atoms. The first-order valence-corrected chi connectivity index (χ1v) is 3.69. The lowest BCUT2D eigenvalue weighted by molar-refractivity contribution is 0.0696. The van der Waals surface area contributed by atoms with Crippen molar-refractivity contribution in [2.24, 2.45) is 0 Å². The average Bonchev–Trinajstić information content (AvgIpc) is 1.96. The molecule has 0 aliphatic rings. The minimum Gasteiger partial charge on any atom is -0.478 e. The van der Waals surface area contributed by atoms with Crippen LogP contribution in [0, 0.1) is 6.92 Å². The van der Waals surface area contributed by atoms with Gasteiger partial charge in [0.25, 0.3) is 0 Å². The number of hydrogen-bond acceptors (Lipinski definition) is 2. The maximum absolute atomic E-state index is 10.6. The highest BCUT2D eigenvalue weighted by Gasteiger charge is 2.09. The van der Waals surface area contributed by atoms with Crippen molar-refractivity contribution >= 4 is 23.3 Å². The predicted octanol–water partition coefficient (Wildman–Crippen LogP) is 1.93. The van der Waals surface area contributed by atoms with Crippen molar-refractivity contribution < 1.29 is 9.90 Å². The van der Waals surface area contributed by atoms with Crippen LogP contribution < -0.4 is 5.73 Å². The van der Waals surface area contributed by atoms with Gasteiger partial charge in [-0.2, -0.15) is 0 Å². The molecule has 0 heterocycles. The van der Waals surface area contributed by atoms with E-state index >= 15 is 0 Å². The number of nitrogens with two attached hydrogens (primary N) is 1. The van der Waals surface area contributed by atoms with E-state index in [0.29, 0.717) is 16.3 Å². The molecule has 0 aromatic heterocycles. The van der Waals surface area contributed by atoms with Gasteiger partial charge in [-0.15, -0.1) is 0 Å². The summed E-state index contributed by atoms with van der Waals surface area (Å²) in [6.45, 7) is 1.65. The van der Waals surface area contributed by atoms with Gasteiger partial charge in [-0.25, -0.2) is 4.79 Å². The van der Waals surface area contributed by atoms with Gasteiger partial charge in [-0.3, -0.25) is 0 Å². The lowest BCUT2D eigenvalue weighted by Gasteiger charge is -2.04. The normalized spacial score (nSPS) is 9.83. The summed E-state index contributed by atoms with van der Waals surface area (Å²) in [4.78, 5) is 10.6. The molecule has 0 saturated carbocycles. The van der Waals surface area contributed by atoms with Crippen LogP contribution in [0.15, 0.2) is 12.1 Å². The van der Waals surface area contributed by atoms with Crippen LogP contribution in [0.1, 0.15) is 15.9 Å². The van der Waals surface area contributed by atoms with E-state index in [1.807, 2.05) is 0 Å². The Balaban J connectivity index is 3.37. The second-order valence-corrected chi connectivity index (χ2v) is 2.91. The van der Waals surface area contributed by atoms with Crippen LogP contribution in [0.25, 0.3) is 0 Å². The summed E-state index contributed by atoms with van der Waals surface area (Å²) in [5, 5.41) is 9.04. The monoisotopic (exact) mass is 185 g/mol. The van der Waals surface area contributed by atoms with Crippen LogP contribution in [0.5, 0.6) is 0 Å². The number of rotatable bonds is 1. The van der Waals surface area contributed by atoms with Crippen molar-refractivity contribution in [1.29, 1.82) is 0 Å². The second-order valence-electron chi connectivity index (χ2n) is 2.47. The number of carboxylic acid groups (broad SMARTS) is 1. The molecule has 0 aliphatic carbocycles. The smallest absolute Gasteiger partial charge is 0.336 e. The number of carboxylic acids is 1. The summed E-state index contributed by atoms with van der Waals surface area (Å²) < 4.78 is 0. The van der Waals surface area contributed by atoms with Crippen molar-refractivity contribution in [3.8, 4) is 0 Å². The Kier molecular flexibility index (Phi) is 2.24. The lowest BCUT2D eigenvalue weighted by atomic mass is 10.1. The first-order chi connectivity index (χ1) is 5.52. The molecule has 1 aromatic rings. The van der Waals surface area contributed by atoms with Crippen LogP contribution in [0.4, 0.5) is 5.69 Å². The Morgan fingerprint density at radius 3 is 2.67 bits per heavy atom. The van der Waals surface area contributed by atoms with Crippen molar-refractivity contribution in [1.82, 2.24) is 0 Å². The Bertz CT molecular complexity index is 336. The van der Waals surface area contributed by atoms with Gasteiger partial charge in [-0.1, -0.05) is 11.6 Å². The van der Waals surface area contributed by atoms with Gasteiger partial charge in [0.2, 0.25) is 0 Å². The van der Waals surface area contributed by atoms with E-state index in [4.69, 9.17) is 22.4 Å². The predicted molar refractivity (Wildman–Crippen MR) is 47.6 cm³/mol. The highest BCUT2D eigenvalue weighted by molar-refractivity contribution is 6.31. The Morgan fingerprint density at radius 1 is 1.58 bits per heavy atom. The van der Waals surface area contributed by atoms with Gasteiger partial charge in [0, 0.05) is 10.7 Å². The quantitative estimate of drug-likeness (QED) is 0.658. The number of hydrogen-bond donors (Lipinski definition) is 2. The molecule has 4 heteroatoms. The number of benzene rings is 1. The van der Waals surface area contributed by atoms with E-state index in [1.54, 1.807) is 6.92 Å². The highest BCUT2D eigenvalue weighted by Crippen LogP contribution is 2.21. The van der Waals surface area contributed by atoms with E-state index in [9.17, 15) is 4.79 Å². The summed E-state index contributed by atoms with van der Waals surface area (Å²) in [7, 11) is 0. The second kappa shape index (κ2) is 3.03. The first-order valence-electron chi connectivity index (χ1n) is 3.31. The molecule has 12 heavy (non-hydrogen) atoms. The fraction of sp³-hybridized carbons (Fsp3) is 0.125. The molecule has 3 N–H and O–H groups in total. The Labute approximate surface area is 74.8 Å². The summed E-state index contributed by atoms with van der Waals surface area (Å²) in [6.07, 6.45) is 0. The molecule has 0 radical (unpaired) electrons. The molecule has 0 amide bonds. The van der Waals surface area contributed by atoms with Gasteiger partial charge in [0.1, 0.15) is 0 Å². The molecule has 0 atom stereocenters. The molecule has 0 unspecified atom stereocenters. The summed E-state index contributed by atoms with van der Waals surface area (Å²) >= 11 is 5.62. The number of aromatic carboxylic acids is 1. The van der Waals surface area contributed by atoms with E-state index in [2.05, 4.69) is 0 Å². The summed E-state index contributed by atoms with van der Waals surface area (Å²) in [6, 6.07) is 2.92. The van der Waals surface area contributed by atoms with Gasteiger partial charge in [0.15, 0.2) is 0 Å². The van der Waals surface area contributed by atoms with Crippen molar-refractivity contribution in [2.45, 2.75) is 6.92 Å². The SMILES string of the molecule is Cc1c(N)cc(Cl)cc1C(=O)O. The van der Waals surface area contributed by atoms with E-state index < -0.39 is 5.97 Å². The molecule has 1 rings (SSSR count). The molecule has 0 spiro atoms. The van der Waals surface area contributed by atoms with Crippen LogP contribution in [0.2, 0.25) is 5.02 Å². The standard InChI is InChI=1S/C8H8ClNO2/c1-4-6(8(11)12)2-5(9)3-7(4)10/h2-3H,10H2,1H3,(H,11,12). The van der Waals surface area contributed by atoms with Crippen molar-refractivity contribution in [3.05, 3.63) is 28.3 Å². The van der Waals surface area contributed by atoms with Crippen molar-refractivity contribution in [2.75, 3.05) is 5.73 Å². The van der Waals surface area contributed by atoms with E-state index in [-0.39, 0.29) is 5.56 Å². The topological polar surface area (TPSA) is 63.3 Å². The number of halogens is 1. The maximum Gasteiger partial charge on any atom is 0.336 e. The number of carbonyl (C=O) groups is 1. The van der Waals surface area contributed by atoms with Gasteiger partial charge in [0.05, 0.1) is 5.56 Å². The third kappa shape index (κ3) is 1.51. The molecular weight excluding hydrogens is 178 g/mol. The first kappa shape index (κ1) is 8.87. The van der Waals surface area contributed by atoms with Gasteiger partial charge in [-0.05, 0) is 24.6 Å². The average molecular weight is 186 g/mol. The minimum atomic E-state index is -1.01. The zero-order valence-corrected chi connectivity index (χ0v) is 7.22. The molecule has 1 aromatic carbocycles. The van der Waals surface area contributed by atoms with Crippen molar-refractivity contribution in [3.63, 3.8) is 0 Å². The Hall–Kier alpha value is -1.22. The molecule has 0 saturated heterocycles. The molecule has 0 fully saturated rings. The molecule has 64 valence electrons. The van der Waals surface area contributed by atoms with Crippen LogP contribution >= 0.6 is 11.6 Å². The summed E-state index contributed by atoms with van der Waals surface area (Å²) in [5.74, 6) is -1.01. The highest BCUT2D eigenvalue weighted by atomic mass is 35.5. The maximum atomic E-state index is 10.6. The molecular formula is C8H8ClNO2. The lowest BCUT2D eigenvalue weighted by Crippen LogP contribution is -2.02. The van der Waals surface area contributed by atoms with Gasteiger partial charge >= 0.3 is 5.97 Å². The fourth-order valence-electron chi connectivity index (χ4n) is 0.922. The molecule has 0 aliphatic heterocycles. The zero-order chi connectivity index (χ0) is 9.30. The summed E-state index contributed by atoms with van der Waals surface area (Å²) in [5.41, 5.74) is 6.62. The largest absolute Gasteiger partial charge is 0.478 e. The number of nitrogen functional groups attached to an aromatic ring is 1. The van der Waals surface area contributed by atoms with E-state index in [1.165, 1.54) is 12.1 Å². The Morgan fingerprint density at radius 2 is 2.17 bits per heavy atom. The third-order valence-electron chi connectivity index (χ3n) is 1.64. The molecule has 3 nitrogen and oxygen atoms in total. The minimum absolute atomic E-state index is 0.153. The van der Waals surface area contributed by atoms with E-state index in [0.717, 1.165) is 0 Å². The van der Waals surface area contributed by atoms with Crippen LogP contribution in [0.3, 0.4) is 0 Å². The fourth-order valence-corrected chi connectivity index (χ4v) is 1.15. The zero-order valence-electron chi connectivity index (χ0n) is 6.47. The third-order valence-corrected chi connectivity index (χ3v) is 1.86. The van der Waals surface area contributed by atoms with Crippen LogP contribution in [-0.4, -0.2) is 11.1 Å². The number of anilines is 1. The van der Waals surface area contributed by atoms with Crippen LogP contribution in [-0.2, 0) is 0 Å².